The highest BCUT2D eigenvalue weighted by molar-refractivity contribution is 5.63. The normalized spacial score (nSPS) is 11.5. The van der Waals surface area contributed by atoms with E-state index in [2.05, 4.69) is 301 Å². The Labute approximate surface area is 655 Å². The summed E-state index contributed by atoms with van der Waals surface area (Å²) in [5.74, 6) is 3.14. The zero-order chi connectivity index (χ0) is 83.1. The molecule has 0 saturated heterocycles. The number of aryl methyl sites for hydroxylation is 12. The van der Waals surface area contributed by atoms with Crippen LogP contribution in [0.3, 0.4) is 0 Å². The van der Waals surface area contributed by atoms with Crippen LogP contribution in [0.1, 0.15) is 292 Å². The predicted octanol–water partition coefficient (Wildman–Crippen LogP) is 32.2. The Kier molecular flexibility index (Phi) is 38.2. The van der Waals surface area contributed by atoms with Gasteiger partial charge in [-0.2, -0.15) is 26.3 Å². The van der Waals surface area contributed by atoms with Crippen LogP contribution in [-0.4, -0.2) is 12.4 Å². The molecule has 0 aromatic heterocycles. The maximum atomic E-state index is 12.8. The molecule has 0 radical (unpaired) electrons. The van der Waals surface area contributed by atoms with Crippen LogP contribution in [0.4, 0.5) is 26.3 Å². The fraction of sp³-hybridized carbons (Fsp3) is 0.471. The first-order chi connectivity index (χ1) is 49.5. The summed E-state index contributed by atoms with van der Waals surface area (Å²) in [5, 5.41) is 0. The van der Waals surface area contributed by atoms with Gasteiger partial charge in [0.2, 0.25) is 0 Å². The average Bonchev–Trinajstić information content (AvgIpc) is 0.815. The van der Waals surface area contributed by atoms with Gasteiger partial charge in [0.05, 0.1) is 10.8 Å². The van der Waals surface area contributed by atoms with E-state index in [1.165, 1.54) is 145 Å². The molecule has 108 heavy (non-hydrogen) atoms. The van der Waals surface area contributed by atoms with E-state index in [1.807, 2.05) is 65.0 Å². The van der Waals surface area contributed by atoms with E-state index in [9.17, 15) is 26.3 Å². The highest BCUT2D eigenvalue weighted by atomic mass is 19.4. The van der Waals surface area contributed by atoms with Crippen LogP contribution in [0.25, 0.3) is 11.1 Å². The lowest BCUT2D eigenvalue weighted by Crippen LogP contribution is -2.34. The van der Waals surface area contributed by atoms with Crippen LogP contribution in [0.15, 0.2) is 158 Å². The van der Waals surface area contributed by atoms with E-state index in [1.54, 1.807) is 6.07 Å². The second-order valence-corrected chi connectivity index (χ2v) is 34.9. The van der Waals surface area contributed by atoms with Crippen LogP contribution in [0, 0.1) is 141 Å². The van der Waals surface area contributed by atoms with E-state index in [0.29, 0.717) is 35.0 Å². The standard InChI is InChI=1S/C16H26.C14H19F3.C14H22.C13H17F3.C13H12.C13H20.C10H14.C9H12/c1-10(2)14-8-15(11(3)4)13(7)16(9-14)12(5)6;1-9-6-12(7-10(2)11(9)3)8-13(4,5)14(15,16)17;1-10-7-13(9-14(4,5)6)8-11(2)12(10)3;1-9-5-6-11(7-10(9)2)8-12(3,4)13(14,15)16;1-11-7-9-13(10-8-11)12-5-3-2-4-6-12;1-9(2)12-7-6-8-13(10(3)4)11(12)5;1-7-5-8(2)10(4)9(3)6-7;1-7-5-4-6-8(2)9(7)3/h8-12H,1-7H3;6-7H,8H2,1-5H3;7-8H,9H2,1-6H3;5-7H,8H2,1-4H3;2-10H,1H3;6-10H,1-5H3;5-6H,1-4H3;4-6H,1-3H3. The highest BCUT2D eigenvalue weighted by Gasteiger charge is 2.48. The van der Waals surface area contributed by atoms with Crippen molar-refractivity contribution in [1.82, 2.24) is 0 Å². The minimum atomic E-state index is -4.17. The second kappa shape index (κ2) is 42.7. The molecular weight excluding hydrogens is 1340 g/mol. The molecule has 0 atom stereocenters. The summed E-state index contributed by atoms with van der Waals surface area (Å²) < 4.78 is 76.5. The van der Waals surface area contributed by atoms with Crippen LogP contribution in [0.5, 0.6) is 0 Å². The van der Waals surface area contributed by atoms with Crippen LogP contribution < -0.4 is 0 Å². The van der Waals surface area contributed by atoms with Crippen molar-refractivity contribution in [3.8, 4) is 11.1 Å². The molecule has 0 N–H and O–H groups in total. The summed E-state index contributed by atoms with van der Waals surface area (Å²) in [7, 11) is 0. The molecule has 0 nitrogen and oxygen atoms in total. The van der Waals surface area contributed by atoms with Gasteiger partial charge in [-0.1, -0.05) is 287 Å². The molecule has 6 heteroatoms. The van der Waals surface area contributed by atoms with E-state index in [0.717, 1.165) is 45.4 Å². The Morgan fingerprint density at radius 1 is 0.241 bits per heavy atom. The summed E-state index contributed by atoms with van der Waals surface area (Å²) in [6.07, 6.45) is -7.11. The highest BCUT2D eigenvalue weighted by Crippen LogP contribution is 2.42. The lowest BCUT2D eigenvalue weighted by Gasteiger charge is -2.28. The van der Waals surface area contributed by atoms with Gasteiger partial charge in [-0.3, -0.25) is 0 Å². The maximum Gasteiger partial charge on any atom is 0.394 e. The molecule has 9 aromatic carbocycles. The van der Waals surface area contributed by atoms with Crippen molar-refractivity contribution in [2.45, 2.75) is 304 Å². The minimum absolute atomic E-state index is 0.0254. The summed E-state index contributed by atoms with van der Waals surface area (Å²) >= 11 is 0. The number of alkyl halides is 6. The van der Waals surface area contributed by atoms with Crippen molar-refractivity contribution < 1.29 is 26.3 Å². The first kappa shape index (κ1) is 96.6. The van der Waals surface area contributed by atoms with Gasteiger partial charge in [0.25, 0.3) is 0 Å². The number of hydrogen-bond acceptors (Lipinski definition) is 0. The van der Waals surface area contributed by atoms with Crippen molar-refractivity contribution in [2.24, 2.45) is 16.2 Å². The molecule has 9 aromatic rings. The third kappa shape index (κ3) is 31.5. The van der Waals surface area contributed by atoms with Crippen molar-refractivity contribution in [3.05, 3.63) is 302 Å². The van der Waals surface area contributed by atoms with E-state index >= 15 is 0 Å². The SMILES string of the molecule is Cc1c(C(C)C)cc(C(C)C)cc1C(C)C.Cc1c(C(C)C)cccc1C(C)C.Cc1cc(C)c(C)c(C)c1.Cc1cc(CC(C)(C)C(F)(F)F)cc(C)c1C.Cc1cc(CC(C)(C)C)cc(C)c1C.Cc1ccc(-c2ccccc2)cc1.Cc1ccc(CC(C)(C)C(F)(F)F)cc1C.Cc1cccc(C)c1C. The van der Waals surface area contributed by atoms with E-state index in [4.69, 9.17) is 0 Å². The Hall–Kier alpha value is -7.44. The fourth-order valence-electron chi connectivity index (χ4n) is 13.0. The Balaban J connectivity index is 0.000000422. The molecule has 0 bridgehead atoms. The van der Waals surface area contributed by atoms with Crippen LogP contribution in [-0.2, 0) is 19.3 Å². The van der Waals surface area contributed by atoms with E-state index in [-0.39, 0.29) is 12.8 Å². The minimum Gasteiger partial charge on any atom is -0.171 e. The summed E-state index contributed by atoms with van der Waals surface area (Å²) in [4.78, 5) is 0. The van der Waals surface area contributed by atoms with Crippen molar-refractivity contribution in [1.29, 1.82) is 0 Å². The molecule has 0 fully saturated rings. The number of benzene rings is 9. The molecule has 0 saturated carbocycles. The topological polar surface area (TPSA) is 0 Å². The average molecular weight is 1480 g/mol. The number of halogens is 6. The van der Waals surface area contributed by atoms with Crippen molar-refractivity contribution in [2.75, 3.05) is 0 Å². The fourth-order valence-corrected chi connectivity index (χ4v) is 13.0. The Morgan fingerprint density at radius 3 is 0.889 bits per heavy atom. The van der Waals surface area contributed by atoms with Crippen molar-refractivity contribution >= 4 is 0 Å². The van der Waals surface area contributed by atoms with Gasteiger partial charge in [0.1, 0.15) is 0 Å². The zero-order valence-corrected chi connectivity index (χ0v) is 73.8. The van der Waals surface area contributed by atoms with Gasteiger partial charge in [0, 0.05) is 0 Å². The van der Waals surface area contributed by atoms with Crippen molar-refractivity contribution in [3.63, 3.8) is 0 Å². The molecule has 9 rings (SSSR count). The molecule has 0 amide bonds. The Bertz CT molecular complexity index is 4080. The third-order valence-corrected chi connectivity index (χ3v) is 21.3. The van der Waals surface area contributed by atoms with Gasteiger partial charge in [-0.05, 0) is 324 Å². The third-order valence-electron chi connectivity index (χ3n) is 21.3. The summed E-state index contributed by atoms with van der Waals surface area (Å²) in [6.45, 7) is 72.6. The predicted molar refractivity (Wildman–Crippen MR) is 463 cm³/mol. The molecule has 0 aliphatic carbocycles. The van der Waals surface area contributed by atoms with Gasteiger partial charge in [-0.25, -0.2) is 0 Å². The first-order valence-corrected chi connectivity index (χ1v) is 39.3. The summed E-state index contributed by atoms with van der Waals surface area (Å²) in [5.41, 5.74) is 33.8. The maximum absolute atomic E-state index is 12.8. The van der Waals surface area contributed by atoms with E-state index < -0.39 is 23.2 Å². The number of rotatable bonds is 11. The van der Waals surface area contributed by atoms with Crippen LogP contribution >= 0.6 is 0 Å². The second-order valence-electron chi connectivity index (χ2n) is 34.9. The zero-order valence-electron chi connectivity index (χ0n) is 73.8. The Morgan fingerprint density at radius 2 is 0.556 bits per heavy atom. The largest absolute Gasteiger partial charge is 0.394 e. The molecule has 0 unspecified atom stereocenters. The summed E-state index contributed by atoms with van der Waals surface area (Å²) in [6, 6.07) is 55.2. The quantitative estimate of drug-likeness (QED) is 0.113. The molecular formula is C102H142F6. The van der Waals surface area contributed by atoms with Gasteiger partial charge in [0.15, 0.2) is 0 Å². The molecule has 0 spiro atoms. The van der Waals surface area contributed by atoms with Gasteiger partial charge in [-0.15, -0.1) is 0 Å². The molecule has 592 valence electrons. The monoisotopic (exact) mass is 1480 g/mol. The van der Waals surface area contributed by atoms with Gasteiger partial charge >= 0.3 is 12.4 Å². The number of hydrogen-bond donors (Lipinski definition) is 0. The van der Waals surface area contributed by atoms with Gasteiger partial charge < -0.3 is 0 Å². The smallest absolute Gasteiger partial charge is 0.171 e. The lowest BCUT2D eigenvalue weighted by atomic mass is 9.83. The molecule has 0 heterocycles. The molecule has 0 aliphatic heterocycles. The molecule has 0 aliphatic rings. The lowest BCUT2D eigenvalue weighted by molar-refractivity contribution is -0.211. The van der Waals surface area contributed by atoms with Crippen LogP contribution in [0.2, 0.25) is 0 Å². The first-order valence-electron chi connectivity index (χ1n) is 39.3.